The van der Waals surface area contributed by atoms with Gasteiger partial charge in [-0.3, -0.25) is 0 Å². The number of nitrogens with one attached hydrogen (secondary N) is 1. The SMILES string of the molecule is CC(C)(C)OC(=O)NCCCN1CCC(c2ccccc2)CC1. The number of benzene rings is 1. The van der Waals surface area contributed by atoms with Gasteiger partial charge in [0.2, 0.25) is 0 Å². The highest BCUT2D eigenvalue weighted by atomic mass is 16.6. The molecule has 1 fully saturated rings. The lowest BCUT2D eigenvalue weighted by Crippen LogP contribution is -2.37. The van der Waals surface area contributed by atoms with Crippen LogP contribution in [0.5, 0.6) is 0 Å². The lowest BCUT2D eigenvalue weighted by atomic mass is 9.89. The van der Waals surface area contributed by atoms with E-state index in [-0.39, 0.29) is 6.09 Å². The lowest BCUT2D eigenvalue weighted by Gasteiger charge is -2.32. The molecule has 0 aromatic heterocycles. The van der Waals surface area contributed by atoms with Crippen molar-refractivity contribution >= 4 is 6.09 Å². The molecule has 1 N–H and O–H groups in total. The van der Waals surface area contributed by atoms with Gasteiger partial charge in [-0.15, -0.1) is 0 Å². The number of hydrogen-bond acceptors (Lipinski definition) is 3. The highest BCUT2D eigenvalue weighted by Gasteiger charge is 2.20. The summed E-state index contributed by atoms with van der Waals surface area (Å²) in [5.41, 5.74) is 1.04. The summed E-state index contributed by atoms with van der Waals surface area (Å²) in [5, 5.41) is 2.83. The van der Waals surface area contributed by atoms with Gasteiger partial charge in [-0.1, -0.05) is 30.3 Å². The van der Waals surface area contributed by atoms with E-state index < -0.39 is 5.60 Å². The predicted octanol–water partition coefficient (Wildman–Crippen LogP) is 3.78. The van der Waals surface area contributed by atoms with Crippen molar-refractivity contribution in [1.29, 1.82) is 0 Å². The standard InChI is InChI=1S/C19H30N2O2/c1-19(2,3)23-18(22)20-12-7-13-21-14-10-17(11-15-21)16-8-5-4-6-9-16/h4-6,8-9,17H,7,10-15H2,1-3H3,(H,20,22). The Kier molecular flexibility index (Phi) is 6.46. The number of carbonyl (C=O) groups is 1. The molecule has 4 heteroatoms. The Bertz CT molecular complexity index is 474. The van der Waals surface area contributed by atoms with Crippen LogP contribution in [0.15, 0.2) is 30.3 Å². The Labute approximate surface area is 140 Å². The Hall–Kier alpha value is -1.55. The van der Waals surface area contributed by atoms with E-state index in [9.17, 15) is 4.79 Å². The molecule has 2 rings (SSSR count). The summed E-state index contributed by atoms with van der Waals surface area (Å²) in [6, 6.07) is 10.8. The predicted molar refractivity (Wildman–Crippen MR) is 93.7 cm³/mol. The monoisotopic (exact) mass is 318 g/mol. The van der Waals surface area contributed by atoms with E-state index in [1.54, 1.807) is 0 Å². The number of ether oxygens (including phenoxy) is 1. The summed E-state index contributed by atoms with van der Waals surface area (Å²) in [6.07, 6.45) is 3.10. The van der Waals surface area contributed by atoms with Crippen LogP contribution in [0.3, 0.4) is 0 Å². The van der Waals surface area contributed by atoms with Gasteiger partial charge >= 0.3 is 6.09 Å². The third-order valence-corrected chi connectivity index (χ3v) is 4.18. The minimum Gasteiger partial charge on any atom is -0.444 e. The molecule has 1 aliphatic heterocycles. The van der Waals surface area contributed by atoms with Gasteiger partial charge < -0.3 is 15.0 Å². The molecule has 1 aromatic rings. The first-order chi connectivity index (χ1) is 10.9. The Morgan fingerprint density at radius 2 is 1.87 bits per heavy atom. The smallest absolute Gasteiger partial charge is 0.407 e. The van der Waals surface area contributed by atoms with Crippen molar-refractivity contribution < 1.29 is 9.53 Å². The number of carbonyl (C=O) groups excluding carboxylic acids is 1. The van der Waals surface area contributed by atoms with Gasteiger partial charge in [0.1, 0.15) is 5.60 Å². The molecule has 0 saturated carbocycles. The Morgan fingerprint density at radius 3 is 2.48 bits per heavy atom. The summed E-state index contributed by atoms with van der Waals surface area (Å²) in [6.45, 7) is 9.64. The molecule has 4 nitrogen and oxygen atoms in total. The highest BCUT2D eigenvalue weighted by molar-refractivity contribution is 5.67. The fourth-order valence-corrected chi connectivity index (χ4v) is 3.02. The second-order valence-corrected chi connectivity index (χ2v) is 7.31. The van der Waals surface area contributed by atoms with E-state index in [4.69, 9.17) is 4.74 Å². The largest absolute Gasteiger partial charge is 0.444 e. The van der Waals surface area contributed by atoms with E-state index in [0.29, 0.717) is 12.5 Å². The molecular formula is C19H30N2O2. The fourth-order valence-electron chi connectivity index (χ4n) is 3.02. The molecule has 0 spiro atoms. The maximum atomic E-state index is 11.6. The van der Waals surface area contributed by atoms with Gasteiger partial charge in [-0.05, 0) is 71.1 Å². The normalized spacial score (nSPS) is 17.0. The average molecular weight is 318 g/mol. The van der Waals surface area contributed by atoms with Crippen LogP contribution in [0, 0.1) is 0 Å². The van der Waals surface area contributed by atoms with Gasteiger partial charge in [-0.25, -0.2) is 4.79 Å². The van der Waals surface area contributed by atoms with Gasteiger partial charge in [0.15, 0.2) is 0 Å². The van der Waals surface area contributed by atoms with Crippen LogP contribution in [-0.2, 0) is 4.74 Å². The number of hydrogen-bond donors (Lipinski definition) is 1. The van der Waals surface area contributed by atoms with Gasteiger partial charge in [0.05, 0.1) is 0 Å². The minimum atomic E-state index is -0.427. The first kappa shape index (κ1) is 17.8. The number of rotatable bonds is 5. The van der Waals surface area contributed by atoms with E-state index in [1.165, 1.54) is 18.4 Å². The van der Waals surface area contributed by atoms with E-state index >= 15 is 0 Å². The summed E-state index contributed by atoms with van der Waals surface area (Å²) < 4.78 is 5.23. The minimum absolute atomic E-state index is 0.319. The number of likely N-dealkylation sites (tertiary alicyclic amines) is 1. The lowest BCUT2D eigenvalue weighted by molar-refractivity contribution is 0.0525. The molecule has 1 aliphatic rings. The van der Waals surface area contributed by atoms with Crippen molar-refractivity contribution in [3.63, 3.8) is 0 Å². The maximum Gasteiger partial charge on any atom is 0.407 e. The van der Waals surface area contributed by atoms with Crippen molar-refractivity contribution in [1.82, 2.24) is 10.2 Å². The van der Waals surface area contributed by atoms with Crippen molar-refractivity contribution in [3.05, 3.63) is 35.9 Å². The number of nitrogens with zero attached hydrogens (tertiary/aromatic N) is 1. The highest BCUT2D eigenvalue weighted by Crippen LogP contribution is 2.27. The molecule has 128 valence electrons. The van der Waals surface area contributed by atoms with Crippen molar-refractivity contribution in [2.45, 2.75) is 51.6 Å². The topological polar surface area (TPSA) is 41.6 Å². The van der Waals surface area contributed by atoms with E-state index in [1.807, 2.05) is 20.8 Å². The molecule has 1 heterocycles. The van der Waals surface area contributed by atoms with Crippen LogP contribution in [0.4, 0.5) is 4.79 Å². The molecule has 23 heavy (non-hydrogen) atoms. The first-order valence-corrected chi connectivity index (χ1v) is 8.68. The van der Waals surface area contributed by atoms with E-state index in [0.717, 1.165) is 26.1 Å². The zero-order chi connectivity index (χ0) is 16.7. The van der Waals surface area contributed by atoms with Crippen LogP contribution >= 0.6 is 0 Å². The number of amides is 1. The maximum absolute atomic E-state index is 11.6. The van der Waals surface area contributed by atoms with Gasteiger partial charge in [-0.2, -0.15) is 0 Å². The average Bonchev–Trinajstić information content (AvgIpc) is 2.51. The fraction of sp³-hybridized carbons (Fsp3) is 0.632. The molecule has 0 atom stereocenters. The third kappa shape index (κ3) is 6.61. The summed E-state index contributed by atoms with van der Waals surface area (Å²) in [7, 11) is 0. The molecular weight excluding hydrogens is 288 g/mol. The second-order valence-electron chi connectivity index (χ2n) is 7.31. The summed E-state index contributed by atoms with van der Waals surface area (Å²) in [5.74, 6) is 0.701. The molecule has 0 radical (unpaired) electrons. The second kappa shape index (κ2) is 8.34. The van der Waals surface area contributed by atoms with Crippen LogP contribution in [0.25, 0.3) is 0 Å². The molecule has 0 unspecified atom stereocenters. The van der Waals surface area contributed by atoms with Crippen LogP contribution in [0.2, 0.25) is 0 Å². The zero-order valence-electron chi connectivity index (χ0n) is 14.7. The van der Waals surface area contributed by atoms with Crippen molar-refractivity contribution in [2.24, 2.45) is 0 Å². The summed E-state index contributed by atoms with van der Waals surface area (Å²) >= 11 is 0. The zero-order valence-corrected chi connectivity index (χ0v) is 14.7. The molecule has 0 aliphatic carbocycles. The Balaban J connectivity index is 1.59. The van der Waals surface area contributed by atoms with Gasteiger partial charge in [0, 0.05) is 6.54 Å². The molecule has 0 bridgehead atoms. The molecule has 1 saturated heterocycles. The van der Waals surface area contributed by atoms with Crippen LogP contribution in [0.1, 0.15) is 51.5 Å². The quantitative estimate of drug-likeness (QED) is 0.840. The van der Waals surface area contributed by atoms with Crippen LogP contribution in [-0.4, -0.2) is 42.8 Å². The van der Waals surface area contributed by atoms with Gasteiger partial charge in [0.25, 0.3) is 0 Å². The van der Waals surface area contributed by atoms with Crippen molar-refractivity contribution in [3.8, 4) is 0 Å². The Morgan fingerprint density at radius 1 is 1.22 bits per heavy atom. The third-order valence-electron chi connectivity index (χ3n) is 4.18. The first-order valence-electron chi connectivity index (χ1n) is 8.68. The molecule has 1 aromatic carbocycles. The number of piperidine rings is 1. The van der Waals surface area contributed by atoms with Crippen LogP contribution < -0.4 is 5.32 Å². The number of alkyl carbamates (subject to hydrolysis) is 1. The van der Waals surface area contributed by atoms with Crippen molar-refractivity contribution in [2.75, 3.05) is 26.2 Å². The molecule has 1 amide bonds. The van der Waals surface area contributed by atoms with E-state index in [2.05, 4.69) is 40.5 Å². The summed E-state index contributed by atoms with van der Waals surface area (Å²) in [4.78, 5) is 14.1.